The third kappa shape index (κ3) is 2.20. The first-order valence-electron chi connectivity index (χ1n) is 5.98. The molecule has 0 unspecified atom stereocenters. The maximum absolute atomic E-state index is 11.4. The van der Waals surface area contributed by atoms with Gasteiger partial charge in [0.1, 0.15) is 17.1 Å². The van der Waals surface area contributed by atoms with Crippen molar-refractivity contribution in [3.63, 3.8) is 0 Å². The number of nitrogens with zero attached hydrogens (tertiary/aromatic N) is 2. The predicted molar refractivity (Wildman–Crippen MR) is 73.4 cm³/mol. The number of carboxylic acid groups (broad SMARTS) is 1. The number of benzene rings is 1. The van der Waals surface area contributed by atoms with Gasteiger partial charge in [-0.3, -0.25) is 4.68 Å². The Morgan fingerprint density at radius 3 is 2.55 bits per heavy atom. The third-order valence-corrected chi connectivity index (χ3v) is 3.10. The van der Waals surface area contributed by atoms with Gasteiger partial charge in [-0.15, -0.1) is 0 Å². The number of methoxy groups -OCH3 is 2. The zero-order valence-corrected chi connectivity index (χ0v) is 11.8. The molecule has 6 nitrogen and oxygen atoms in total. The van der Waals surface area contributed by atoms with Gasteiger partial charge in [0.2, 0.25) is 0 Å². The molecule has 0 spiro atoms. The summed E-state index contributed by atoms with van der Waals surface area (Å²) in [5, 5.41) is 13.5. The summed E-state index contributed by atoms with van der Waals surface area (Å²) in [4.78, 5) is 11.4. The summed E-state index contributed by atoms with van der Waals surface area (Å²) in [6, 6.07) is 5.23. The van der Waals surface area contributed by atoms with Crippen molar-refractivity contribution in [3.05, 3.63) is 29.5 Å². The molecule has 0 bridgehead atoms. The molecule has 0 atom stereocenters. The standard InChI is InChI=1S/C14H16N2O4/c1-8-12(14(17)18)13(16(2)15-8)10-6-5-9(19-3)7-11(10)20-4/h5-7H,1-4H3,(H,17,18). The van der Waals surface area contributed by atoms with Crippen molar-refractivity contribution >= 4 is 5.97 Å². The Labute approximate surface area is 116 Å². The van der Waals surface area contributed by atoms with Crippen LogP contribution >= 0.6 is 0 Å². The summed E-state index contributed by atoms with van der Waals surface area (Å²) in [6.07, 6.45) is 0. The predicted octanol–water partition coefficient (Wildman–Crippen LogP) is 2.11. The van der Waals surface area contributed by atoms with E-state index in [0.29, 0.717) is 28.5 Å². The van der Waals surface area contributed by atoms with Gasteiger partial charge in [0.05, 0.1) is 25.6 Å². The molecule has 0 aliphatic heterocycles. The maximum atomic E-state index is 11.4. The second-order valence-corrected chi connectivity index (χ2v) is 4.30. The lowest BCUT2D eigenvalue weighted by Crippen LogP contribution is -2.03. The smallest absolute Gasteiger partial charge is 0.339 e. The van der Waals surface area contributed by atoms with Crippen molar-refractivity contribution < 1.29 is 19.4 Å². The Kier molecular flexibility index (Phi) is 3.65. The van der Waals surface area contributed by atoms with Crippen LogP contribution in [0.3, 0.4) is 0 Å². The highest BCUT2D eigenvalue weighted by atomic mass is 16.5. The van der Waals surface area contributed by atoms with E-state index in [2.05, 4.69) is 5.10 Å². The number of carboxylic acids is 1. The molecule has 2 rings (SSSR count). The van der Waals surface area contributed by atoms with E-state index in [4.69, 9.17) is 9.47 Å². The highest BCUT2D eigenvalue weighted by Crippen LogP contribution is 2.35. The van der Waals surface area contributed by atoms with E-state index in [1.165, 1.54) is 7.11 Å². The highest BCUT2D eigenvalue weighted by molar-refractivity contribution is 5.97. The Bertz CT molecular complexity index is 661. The lowest BCUT2D eigenvalue weighted by Gasteiger charge is -2.11. The zero-order valence-electron chi connectivity index (χ0n) is 11.8. The molecule has 20 heavy (non-hydrogen) atoms. The molecule has 1 aromatic heterocycles. The third-order valence-electron chi connectivity index (χ3n) is 3.10. The Morgan fingerprint density at radius 1 is 1.30 bits per heavy atom. The molecule has 0 aliphatic rings. The van der Waals surface area contributed by atoms with Gasteiger partial charge >= 0.3 is 5.97 Å². The summed E-state index contributed by atoms with van der Waals surface area (Å²) in [5.41, 5.74) is 1.81. The molecule has 0 radical (unpaired) electrons. The topological polar surface area (TPSA) is 73.6 Å². The molecule has 2 aromatic rings. The van der Waals surface area contributed by atoms with Crippen LogP contribution in [0.25, 0.3) is 11.3 Å². The van der Waals surface area contributed by atoms with Gasteiger partial charge < -0.3 is 14.6 Å². The molecule has 0 amide bonds. The molecule has 0 fully saturated rings. The molecule has 0 saturated heterocycles. The average Bonchev–Trinajstić information content (AvgIpc) is 2.72. The van der Waals surface area contributed by atoms with E-state index in [-0.39, 0.29) is 5.56 Å². The molecule has 1 N–H and O–H groups in total. The zero-order chi connectivity index (χ0) is 14.9. The van der Waals surface area contributed by atoms with Gasteiger partial charge in [-0.1, -0.05) is 0 Å². The summed E-state index contributed by atoms with van der Waals surface area (Å²) in [5.74, 6) is 0.166. The van der Waals surface area contributed by atoms with Crippen molar-refractivity contribution in [1.29, 1.82) is 0 Å². The van der Waals surface area contributed by atoms with Crippen LogP contribution in [0, 0.1) is 6.92 Å². The lowest BCUT2D eigenvalue weighted by atomic mass is 10.0. The monoisotopic (exact) mass is 276 g/mol. The highest BCUT2D eigenvalue weighted by Gasteiger charge is 2.23. The number of aromatic nitrogens is 2. The van der Waals surface area contributed by atoms with E-state index >= 15 is 0 Å². The van der Waals surface area contributed by atoms with Crippen LogP contribution < -0.4 is 9.47 Å². The molecule has 0 aliphatic carbocycles. The van der Waals surface area contributed by atoms with E-state index in [0.717, 1.165) is 0 Å². The van der Waals surface area contributed by atoms with Crippen molar-refractivity contribution in [3.8, 4) is 22.8 Å². The minimum Gasteiger partial charge on any atom is -0.497 e. The van der Waals surface area contributed by atoms with E-state index in [9.17, 15) is 9.90 Å². The van der Waals surface area contributed by atoms with Crippen molar-refractivity contribution in [2.45, 2.75) is 6.92 Å². The summed E-state index contributed by atoms with van der Waals surface area (Å²) in [6.45, 7) is 1.67. The number of hydrogen-bond acceptors (Lipinski definition) is 4. The number of hydrogen-bond donors (Lipinski definition) is 1. The fourth-order valence-corrected chi connectivity index (χ4v) is 2.22. The van der Waals surface area contributed by atoms with Gasteiger partial charge in [-0.05, 0) is 19.1 Å². The van der Waals surface area contributed by atoms with Gasteiger partial charge in [0.15, 0.2) is 0 Å². The normalized spacial score (nSPS) is 10.4. The first-order valence-corrected chi connectivity index (χ1v) is 5.98. The quantitative estimate of drug-likeness (QED) is 0.925. The van der Waals surface area contributed by atoms with Crippen LogP contribution in [-0.4, -0.2) is 35.1 Å². The molecule has 1 heterocycles. The minimum atomic E-state index is -1.01. The Balaban J connectivity index is 2.71. The minimum absolute atomic E-state index is 0.177. The van der Waals surface area contributed by atoms with Gasteiger partial charge in [0.25, 0.3) is 0 Å². The van der Waals surface area contributed by atoms with Crippen molar-refractivity contribution in [1.82, 2.24) is 9.78 Å². The van der Waals surface area contributed by atoms with Gasteiger partial charge in [0, 0.05) is 18.7 Å². The largest absolute Gasteiger partial charge is 0.497 e. The van der Waals surface area contributed by atoms with Crippen LogP contribution in [0.4, 0.5) is 0 Å². The van der Waals surface area contributed by atoms with Crippen LogP contribution in [0.2, 0.25) is 0 Å². The number of aryl methyl sites for hydroxylation is 2. The van der Waals surface area contributed by atoms with E-state index < -0.39 is 5.97 Å². The number of carbonyl (C=O) groups is 1. The fraction of sp³-hybridized carbons (Fsp3) is 0.286. The number of ether oxygens (including phenoxy) is 2. The second-order valence-electron chi connectivity index (χ2n) is 4.30. The van der Waals surface area contributed by atoms with Crippen molar-refractivity contribution in [2.75, 3.05) is 14.2 Å². The first-order chi connectivity index (χ1) is 9.49. The second kappa shape index (κ2) is 5.24. The van der Waals surface area contributed by atoms with E-state index in [1.807, 2.05) is 0 Å². The summed E-state index contributed by atoms with van der Waals surface area (Å²) in [7, 11) is 4.80. The van der Waals surface area contributed by atoms with Crippen molar-refractivity contribution in [2.24, 2.45) is 7.05 Å². The molecule has 1 aromatic carbocycles. The van der Waals surface area contributed by atoms with Crippen LogP contribution in [0.5, 0.6) is 11.5 Å². The van der Waals surface area contributed by atoms with E-state index in [1.54, 1.807) is 44.0 Å². The average molecular weight is 276 g/mol. The SMILES string of the molecule is COc1ccc(-c2c(C(=O)O)c(C)nn2C)c(OC)c1. The number of aromatic carboxylic acids is 1. The Hall–Kier alpha value is -2.50. The molecular weight excluding hydrogens is 260 g/mol. The molecule has 6 heteroatoms. The molecule has 0 saturated carbocycles. The van der Waals surface area contributed by atoms with Gasteiger partial charge in [-0.2, -0.15) is 5.10 Å². The molecular formula is C14H16N2O4. The maximum Gasteiger partial charge on any atom is 0.339 e. The molecule has 106 valence electrons. The Morgan fingerprint density at radius 2 is 2.00 bits per heavy atom. The first kappa shape index (κ1) is 13.9. The lowest BCUT2D eigenvalue weighted by molar-refractivity contribution is 0.0697. The summed E-state index contributed by atoms with van der Waals surface area (Å²) >= 11 is 0. The number of rotatable bonds is 4. The van der Waals surface area contributed by atoms with Crippen LogP contribution in [0.15, 0.2) is 18.2 Å². The van der Waals surface area contributed by atoms with Crippen LogP contribution in [0.1, 0.15) is 16.1 Å². The van der Waals surface area contributed by atoms with Crippen LogP contribution in [-0.2, 0) is 7.05 Å². The fourth-order valence-electron chi connectivity index (χ4n) is 2.22. The summed E-state index contributed by atoms with van der Waals surface area (Å²) < 4.78 is 12.0. The van der Waals surface area contributed by atoms with Gasteiger partial charge in [-0.25, -0.2) is 4.79 Å².